The summed E-state index contributed by atoms with van der Waals surface area (Å²) < 4.78 is 5.17. The quantitative estimate of drug-likeness (QED) is 0.763. The zero-order valence-corrected chi connectivity index (χ0v) is 10.4. The first-order valence-corrected chi connectivity index (χ1v) is 5.66. The molecule has 0 aliphatic rings. The minimum Gasteiger partial charge on any atom is -0.497 e. The molecular formula is C13H16N2O3. The largest absolute Gasteiger partial charge is 0.497 e. The molecular weight excluding hydrogens is 232 g/mol. The molecule has 5 nitrogen and oxygen atoms in total. The summed E-state index contributed by atoms with van der Waals surface area (Å²) in [5.74, 6) is -0.218. The lowest BCUT2D eigenvalue weighted by molar-refractivity contribution is -0.138. The van der Waals surface area contributed by atoms with E-state index in [2.05, 4.69) is 4.98 Å². The number of fused-ring (bicyclic) bond motifs is 1. The first kappa shape index (κ1) is 12.4. The maximum Gasteiger partial charge on any atom is 0.320 e. The first-order chi connectivity index (χ1) is 8.52. The van der Waals surface area contributed by atoms with Gasteiger partial charge in [-0.2, -0.15) is 0 Å². The summed E-state index contributed by atoms with van der Waals surface area (Å²) >= 11 is 0. The van der Waals surface area contributed by atoms with Crippen LogP contribution < -0.4 is 10.5 Å². The van der Waals surface area contributed by atoms with Crippen molar-refractivity contribution in [2.75, 3.05) is 7.11 Å². The summed E-state index contributed by atoms with van der Waals surface area (Å²) in [4.78, 5) is 14.0. The number of rotatable bonds is 4. The molecule has 0 amide bonds. The van der Waals surface area contributed by atoms with E-state index in [0.29, 0.717) is 0 Å². The SMILES string of the molecule is COc1ccc2[nH]c(CC(N)C(=O)O)c(C)c2c1. The highest BCUT2D eigenvalue weighted by molar-refractivity contribution is 5.86. The van der Waals surface area contributed by atoms with Crippen LogP contribution in [-0.2, 0) is 11.2 Å². The smallest absolute Gasteiger partial charge is 0.320 e. The summed E-state index contributed by atoms with van der Waals surface area (Å²) in [6.45, 7) is 1.95. The van der Waals surface area contributed by atoms with Crippen molar-refractivity contribution in [3.05, 3.63) is 29.5 Å². The highest BCUT2D eigenvalue weighted by Crippen LogP contribution is 2.26. The number of carboxylic acid groups (broad SMARTS) is 1. The number of aryl methyl sites for hydroxylation is 1. The lowest BCUT2D eigenvalue weighted by atomic mass is 10.1. The molecule has 18 heavy (non-hydrogen) atoms. The number of aromatic amines is 1. The minimum atomic E-state index is -0.995. The van der Waals surface area contributed by atoms with E-state index in [9.17, 15) is 4.79 Å². The highest BCUT2D eigenvalue weighted by atomic mass is 16.5. The predicted octanol–water partition coefficient (Wildman–Crippen LogP) is 1.44. The van der Waals surface area contributed by atoms with Crippen molar-refractivity contribution >= 4 is 16.9 Å². The number of hydrogen-bond acceptors (Lipinski definition) is 3. The minimum absolute atomic E-state index is 0.290. The Bertz CT molecular complexity index is 589. The topological polar surface area (TPSA) is 88.3 Å². The molecule has 0 radical (unpaired) electrons. The molecule has 2 aromatic rings. The van der Waals surface area contributed by atoms with Crippen LogP contribution in [0.4, 0.5) is 0 Å². The molecule has 1 unspecified atom stereocenters. The number of nitrogens with one attached hydrogen (secondary N) is 1. The van der Waals surface area contributed by atoms with Crippen LogP contribution in [0.5, 0.6) is 5.75 Å². The number of H-pyrrole nitrogens is 1. The lowest BCUT2D eigenvalue weighted by Crippen LogP contribution is -2.32. The second-order valence-electron chi connectivity index (χ2n) is 4.29. The number of nitrogens with two attached hydrogens (primary N) is 1. The zero-order chi connectivity index (χ0) is 13.3. The van der Waals surface area contributed by atoms with Gasteiger partial charge < -0.3 is 20.6 Å². The molecule has 0 spiro atoms. The van der Waals surface area contributed by atoms with E-state index in [1.54, 1.807) is 7.11 Å². The third-order valence-electron chi connectivity index (χ3n) is 3.11. The Kier molecular flexibility index (Phi) is 3.25. The van der Waals surface area contributed by atoms with Crippen LogP contribution in [-0.4, -0.2) is 29.2 Å². The molecule has 2 rings (SSSR count). The van der Waals surface area contributed by atoms with Gasteiger partial charge in [0.15, 0.2) is 0 Å². The van der Waals surface area contributed by atoms with Gasteiger partial charge in [-0.15, -0.1) is 0 Å². The highest BCUT2D eigenvalue weighted by Gasteiger charge is 2.16. The Morgan fingerprint density at radius 2 is 2.28 bits per heavy atom. The number of carboxylic acids is 1. The Labute approximate surface area is 105 Å². The van der Waals surface area contributed by atoms with Crippen LogP contribution in [0.1, 0.15) is 11.3 Å². The predicted molar refractivity (Wildman–Crippen MR) is 68.9 cm³/mol. The van der Waals surface area contributed by atoms with E-state index < -0.39 is 12.0 Å². The molecule has 0 saturated heterocycles. The van der Waals surface area contributed by atoms with Crippen molar-refractivity contribution in [2.24, 2.45) is 5.73 Å². The summed E-state index contributed by atoms with van der Waals surface area (Å²) in [5.41, 5.74) is 8.38. The average Bonchev–Trinajstić information content (AvgIpc) is 2.66. The van der Waals surface area contributed by atoms with Crippen LogP contribution in [0, 0.1) is 6.92 Å². The number of aromatic nitrogens is 1. The van der Waals surface area contributed by atoms with Crippen molar-refractivity contribution < 1.29 is 14.6 Å². The maximum atomic E-state index is 10.8. The molecule has 96 valence electrons. The number of benzene rings is 1. The van der Waals surface area contributed by atoms with E-state index >= 15 is 0 Å². The molecule has 1 aromatic heterocycles. The number of carbonyl (C=O) groups is 1. The number of hydrogen-bond donors (Lipinski definition) is 3. The van der Waals surface area contributed by atoms with E-state index in [-0.39, 0.29) is 6.42 Å². The second kappa shape index (κ2) is 4.70. The van der Waals surface area contributed by atoms with Crippen molar-refractivity contribution in [2.45, 2.75) is 19.4 Å². The van der Waals surface area contributed by atoms with Crippen molar-refractivity contribution in [1.29, 1.82) is 0 Å². The summed E-state index contributed by atoms with van der Waals surface area (Å²) in [6.07, 6.45) is 0.290. The molecule has 5 heteroatoms. The van der Waals surface area contributed by atoms with Crippen LogP contribution in [0.15, 0.2) is 18.2 Å². The normalized spacial score (nSPS) is 12.6. The van der Waals surface area contributed by atoms with Crippen molar-refractivity contribution in [1.82, 2.24) is 4.98 Å². The molecule has 1 atom stereocenters. The number of methoxy groups -OCH3 is 1. The van der Waals surface area contributed by atoms with Gasteiger partial charge in [-0.3, -0.25) is 4.79 Å². The second-order valence-corrected chi connectivity index (χ2v) is 4.29. The Balaban J connectivity index is 2.41. The first-order valence-electron chi connectivity index (χ1n) is 5.66. The average molecular weight is 248 g/mol. The van der Waals surface area contributed by atoms with Gasteiger partial charge in [0.25, 0.3) is 0 Å². The standard InChI is InChI=1S/C13H16N2O3/c1-7-9-5-8(18-2)3-4-11(9)15-12(7)6-10(14)13(16)17/h3-5,10,15H,6,14H2,1-2H3,(H,16,17). The van der Waals surface area contributed by atoms with Gasteiger partial charge in [-0.25, -0.2) is 0 Å². The maximum absolute atomic E-state index is 10.8. The van der Waals surface area contributed by atoms with Gasteiger partial charge in [0, 0.05) is 23.0 Å². The van der Waals surface area contributed by atoms with E-state index in [0.717, 1.165) is 27.9 Å². The Morgan fingerprint density at radius 3 is 2.89 bits per heavy atom. The summed E-state index contributed by atoms with van der Waals surface area (Å²) in [7, 11) is 1.62. The van der Waals surface area contributed by atoms with Gasteiger partial charge in [-0.1, -0.05) is 0 Å². The van der Waals surface area contributed by atoms with E-state index in [1.165, 1.54) is 0 Å². The molecule has 1 heterocycles. The molecule has 0 bridgehead atoms. The number of ether oxygens (including phenoxy) is 1. The third kappa shape index (κ3) is 2.17. The molecule has 0 aliphatic carbocycles. The molecule has 1 aromatic carbocycles. The van der Waals surface area contributed by atoms with Crippen LogP contribution in [0.3, 0.4) is 0 Å². The van der Waals surface area contributed by atoms with Gasteiger partial charge in [-0.05, 0) is 30.7 Å². The third-order valence-corrected chi connectivity index (χ3v) is 3.11. The van der Waals surface area contributed by atoms with Crippen LogP contribution in [0.25, 0.3) is 10.9 Å². The molecule has 0 aliphatic heterocycles. The summed E-state index contributed by atoms with van der Waals surface area (Å²) in [5, 5.41) is 9.86. The van der Waals surface area contributed by atoms with Gasteiger partial charge in [0.2, 0.25) is 0 Å². The fraction of sp³-hybridized carbons (Fsp3) is 0.308. The van der Waals surface area contributed by atoms with Crippen molar-refractivity contribution in [3.63, 3.8) is 0 Å². The lowest BCUT2D eigenvalue weighted by Gasteiger charge is -2.05. The fourth-order valence-electron chi connectivity index (χ4n) is 2.00. The summed E-state index contributed by atoms with van der Waals surface area (Å²) in [6, 6.07) is 4.81. The molecule has 0 fully saturated rings. The van der Waals surface area contributed by atoms with Gasteiger partial charge in [0.05, 0.1) is 7.11 Å². The van der Waals surface area contributed by atoms with Gasteiger partial charge in [0.1, 0.15) is 11.8 Å². The zero-order valence-electron chi connectivity index (χ0n) is 10.4. The Hall–Kier alpha value is -2.01. The molecule has 0 saturated carbocycles. The van der Waals surface area contributed by atoms with Crippen LogP contribution in [0.2, 0.25) is 0 Å². The van der Waals surface area contributed by atoms with Crippen LogP contribution >= 0.6 is 0 Å². The Morgan fingerprint density at radius 1 is 1.56 bits per heavy atom. The van der Waals surface area contributed by atoms with E-state index in [1.807, 2.05) is 25.1 Å². The van der Waals surface area contributed by atoms with Gasteiger partial charge >= 0.3 is 5.97 Å². The fourth-order valence-corrected chi connectivity index (χ4v) is 2.00. The monoisotopic (exact) mass is 248 g/mol. The molecule has 4 N–H and O–H groups in total. The number of aliphatic carboxylic acids is 1. The van der Waals surface area contributed by atoms with E-state index in [4.69, 9.17) is 15.6 Å². The van der Waals surface area contributed by atoms with Crippen molar-refractivity contribution in [3.8, 4) is 5.75 Å².